The summed E-state index contributed by atoms with van der Waals surface area (Å²) in [6.07, 6.45) is 0. The van der Waals surface area contributed by atoms with E-state index in [4.69, 9.17) is 0 Å². The maximum atomic E-state index is 12.1. The van der Waals surface area contributed by atoms with E-state index in [0.29, 0.717) is 0 Å². The Morgan fingerprint density at radius 1 is 1.47 bits per heavy atom. The highest BCUT2D eigenvalue weighted by atomic mass is 127. The van der Waals surface area contributed by atoms with Crippen LogP contribution in [0.1, 0.15) is 22.8 Å². The summed E-state index contributed by atoms with van der Waals surface area (Å²) in [5.41, 5.74) is 1.90. The third kappa shape index (κ3) is 4.27. The largest absolute Gasteiger partial charge is 0.348 e. The molecule has 0 radical (unpaired) electrons. The fraction of sp³-hybridized carbons (Fsp3) is 0.462. The van der Waals surface area contributed by atoms with Gasteiger partial charge in [0, 0.05) is 16.2 Å². The van der Waals surface area contributed by atoms with Crippen LogP contribution in [0, 0.1) is 10.5 Å². The van der Waals surface area contributed by atoms with E-state index >= 15 is 0 Å². The van der Waals surface area contributed by atoms with Gasteiger partial charge in [0.2, 0.25) is 0 Å². The normalized spacial score (nSPS) is 12.6. The number of hydrogen-bond donors (Lipinski definition) is 1. The van der Waals surface area contributed by atoms with Gasteiger partial charge in [-0.15, -0.1) is 0 Å². The molecule has 0 heterocycles. The summed E-state index contributed by atoms with van der Waals surface area (Å²) in [5, 5.41) is 3.01. The average molecular weight is 346 g/mol. The number of amides is 1. The van der Waals surface area contributed by atoms with Crippen molar-refractivity contribution < 1.29 is 4.79 Å². The molecular weight excluding hydrogens is 327 g/mol. The summed E-state index contributed by atoms with van der Waals surface area (Å²) in [4.78, 5) is 14.1. The Kier molecular flexibility index (Phi) is 5.39. The van der Waals surface area contributed by atoms with Crippen LogP contribution < -0.4 is 5.32 Å². The van der Waals surface area contributed by atoms with Crippen LogP contribution in [-0.4, -0.2) is 37.5 Å². The van der Waals surface area contributed by atoms with E-state index in [1.807, 2.05) is 46.1 Å². The predicted molar refractivity (Wildman–Crippen MR) is 79.4 cm³/mol. The van der Waals surface area contributed by atoms with Gasteiger partial charge in [-0.05, 0) is 62.2 Å². The molecule has 0 bridgehead atoms. The van der Waals surface area contributed by atoms with Crippen LogP contribution in [0.2, 0.25) is 0 Å². The molecule has 4 heteroatoms. The maximum Gasteiger partial charge on any atom is 0.252 e. The monoisotopic (exact) mass is 346 g/mol. The molecule has 17 heavy (non-hydrogen) atoms. The lowest BCUT2D eigenvalue weighted by Crippen LogP contribution is -2.39. The second kappa shape index (κ2) is 6.35. The van der Waals surface area contributed by atoms with Crippen molar-refractivity contribution >= 4 is 28.5 Å². The molecule has 0 aromatic heterocycles. The lowest BCUT2D eigenvalue weighted by Gasteiger charge is -2.18. The fourth-order valence-electron chi connectivity index (χ4n) is 1.72. The molecule has 3 nitrogen and oxygen atoms in total. The molecule has 1 aromatic carbocycles. The first-order chi connectivity index (χ1) is 7.91. The number of hydrogen-bond acceptors (Lipinski definition) is 2. The zero-order valence-electron chi connectivity index (χ0n) is 10.7. The number of carbonyl (C=O) groups is 1. The van der Waals surface area contributed by atoms with E-state index in [9.17, 15) is 4.79 Å². The number of likely N-dealkylation sites (N-methyl/N-ethyl adjacent to an activating group) is 1. The maximum absolute atomic E-state index is 12.1. The number of nitrogens with zero attached hydrogens (tertiary/aromatic N) is 1. The second-order valence-corrected chi connectivity index (χ2v) is 5.65. The minimum Gasteiger partial charge on any atom is -0.348 e. The summed E-state index contributed by atoms with van der Waals surface area (Å²) in [6, 6.07) is 5.95. The first-order valence-electron chi connectivity index (χ1n) is 5.62. The van der Waals surface area contributed by atoms with Gasteiger partial charge in [-0.25, -0.2) is 0 Å². The molecule has 0 saturated carbocycles. The number of benzene rings is 1. The molecule has 0 aliphatic rings. The summed E-state index contributed by atoms with van der Waals surface area (Å²) in [7, 11) is 4.00. The van der Waals surface area contributed by atoms with Crippen molar-refractivity contribution in [3.63, 3.8) is 0 Å². The molecule has 0 aliphatic heterocycles. The lowest BCUT2D eigenvalue weighted by molar-refractivity contribution is 0.0933. The Hall–Kier alpha value is -0.620. The van der Waals surface area contributed by atoms with E-state index < -0.39 is 0 Å². The molecule has 1 rings (SSSR count). The highest BCUT2D eigenvalue weighted by molar-refractivity contribution is 14.1. The van der Waals surface area contributed by atoms with Gasteiger partial charge in [-0.3, -0.25) is 4.79 Å². The van der Waals surface area contributed by atoms with E-state index in [0.717, 1.165) is 21.2 Å². The Labute approximate surface area is 117 Å². The van der Waals surface area contributed by atoms with Crippen LogP contribution in [0.25, 0.3) is 0 Å². The van der Waals surface area contributed by atoms with Gasteiger partial charge in [0.25, 0.3) is 5.91 Å². The van der Waals surface area contributed by atoms with Crippen LogP contribution in [0.5, 0.6) is 0 Å². The summed E-state index contributed by atoms with van der Waals surface area (Å²) in [5.74, 6) is 0.00690. The van der Waals surface area contributed by atoms with Crippen molar-refractivity contribution in [3.8, 4) is 0 Å². The van der Waals surface area contributed by atoms with E-state index in [1.54, 1.807) is 0 Å². The van der Waals surface area contributed by atoms with Crippen LogP contribution in [0.15, 0.2) is 18.2 Å². The van der Waals surface area contributed by atoms with Crippen molar-refractivity contribution in [1.82, 2.24) is 10.2 Å². The third-order valence-electron chi connectivity index (χ3n) is 2.45. The van der Waals surface area contributed by atoms with E-state index in [1.165, 1.54) is 0 Å². The average Bonchev–Trinajstić information content (AvgIpc) is 2.20. The van der Waals surface area contributed by atoms with Crippen LogP contribution >= 0.6 is 22.6 Å². The van der Waals surface area contributed by atoms with Gasteiger partial charge >= 0.3 is 0 Å². The zero-order chi connectivity index (χ0) is 13.0. The van der Waals surface area contributed by atoms with Crippen molar-refractivity contribution in [2.24, 2.45) is 0 Å². The Morgan fingerprint density at radius 3 is 2.71 bits per heavy atom. The number of nitrogens with one attached hydrogen (secondary N) is 1. The molecule has 1 atom stereocenters. The van der Waals surface area contributed by atoms with Crippen LogP contribution in [0.3, 0.4) is 0 Å². The van der Waals surface area contributed by atoms with Gasteiger partial charge in [-0.2, -0.15) is 0 Å². The minimum atomic E-state index is 0.00690. The number of aryl methyl sites for hydroxylation is 1. The Balaban J connectivity index is 2.73. The molecular formula is C13H19IN2O. The van der Waals surface area contributed by atoms with Crippen molar-refractivity contribution in [2.75, 3.05) is 20.6 Å². The van der Waals surface area contributed by atoms with Crippen molar-refractivity contribution in [2.45, 2.75) is 19.9 Å². The quantitative estimate of drug-likeness (QED) is 0.849. The third-order valence-corrected chi connectivity index (χ3v) is 3.88. The molecule has 0 spiro atoms. The second-order valence-electron chi connectivity index (χ2n) is 4.57. The fourth-order valence-corrected chi connectivity index (χ4v) is 2.32. The standard InChI is InChI=1S/C13H19IN2O/c1-9-6-5-7-11(12(9)14)13(17)15-10(2)8-16(3)4/h5-7,10H,8H2,1-4H3,(H,15,17). The minimum absolute atomic E-state index is 0.00690. The first kappa shape index (κ1) is 14.4. The molecule has 1 unspecified atom stereocenters. The van der Waals surface area contributed by atoms with Gasteiger partial charge in [0.1, 0.15) is 0 Å². The Bertz CT molecular complexity index is 404. The van der Waals surface area contributed by atoms with E-state index in [-0.39, 0.29) is 11.9 Å². The summed E-state index contributed by atoms with van der Waals surface area (Å²) < 4.78 is 1.03. The molecule has 94 valence electrons. The zero-order valence-corrected chi connectivity index (χ0v) is 12.9. The molecule has 0 saturated heterocycles. The Morgan fingerprint density at radius 2 is 2.12 bits per heavy atom. The van der Waals surface area contributed by atoms with Crippen molar-refractivity contribution in [3.05, 3.63) is 32.9 Å². The highest BCUT2D eigenvalue weighted by Crippen LogP contribution is 2.16. The predicted octanol–water partition coefficient (Wildman–Crippen LogP) is 2.28. The van der Waals surface area contributed by atoms with Gasteiger partial charge in [0.15, 0.2) is 0 Å². The molecule has 0 fully saturated rings. The van der Waals surface area contributed by atoms with Gasteiger partial charge in [-0.1, -0.05) is 12.1 Å². The summed E-state index contributed by atoms with van der Waals surface area (Å²) in [6.45, 7) is 4.87. The van der Waals surface area contributed by atoms with Crippen LogP contribution in [0.4, 0.5) is 0 Å². The number of rotatable bonds is 4. The molecule has 1 N–H and O–H groups in total. The highest BCUT2D eigenvalue weighted by Gasteiger charge is 2.13. The summed E-state index contributed by atoms with van der Waals surface area (Å²) >= 11 is 2.22. The van der Waals surface area contributed by atoms with Gasteiger partial charge < -0.3 is 10.2 Å². The number of halogens is 1. The number of carbonyl (C=O) groups excluding carboxylic acids is 1. The molecule has 0 aliphatic carbocycles. The van der Waals surface area contributed by atoms with Crippen molar-refractivity contribution in [1.29, 1.82) is 0 Å². The SMILES string of the molecule is Cc1cccc(C(=O)NC(C)CN(C)C)c1I. The first-order valence-corrected chi connectivity index (χ1v) is 6.70. The van der Waals surface area contributed by atoms with E-state index in [2.05, 4.69) is 32.8 Å². The molecule has 1 amide bonds. The topological polar surface area (TPSA) is 32.3 Å². The van der Waals surface area contributed by atoms with Gasteiger partial charge in [0.05, 0.1) is 5.56 Å². The lowest BCUT2D eigenvalue weighted by atomic mass is 10.1. The van der Waals surface area contributed by atoms with Crippen LogP contribution in [-0.2, 0) is 0 Å². The smallest absolute Gasteiger partial charge is 0.252 e. The molecule has 1 aromatic rings.